The normalized spacial score (nSPS) is 44.5. The fourth-order valence-electron chi connectivity index (χ4n) is 2.12. The zero-order valence-electron chi connectivity index (χ0n) is 7.89. The Morgan fingerprint density at radius 1 is 0.583 bits per heavy atom. The first-order chi connectivity index (χ1) is 4.62. The van der Waals surface area contributed by atoms with Gasteiger partial charge in [0.1, 0.15) is 39.3 Å². The van der Waals surface area contributed by atoms with E-state index >= 15 is 0 Å². The third-order valence-corrected chi connectivity index (χ3v) is 3.54. The van der Waals surface area contributed by atoms with E-state index < -0.39 is 0 Å². The Morgan fingerprint density at radius 3 is 0.917 bits per heavy atom. The Morgan fingerprint density at radius 2 is 0.750 bits per heavy atom. The van der Waals surface area contributed by atoms with E-state index in [-0.39, 0.29) is 34.0 Å². The minimum Gasteiger partial charge on any atom is -1.00 e. The topological polar surface area (TPSA) is 0 Å². The minimum atomic E-state index is 0. The predicted molar refractivity (Wildman–Crippen MR) is 41.6 cm³/mol. The Labute approximate surface area is 96.2 Å². The van der Waals surface area contributed by atoms with Crippen LogP contribution in [-0.4, -0.2) is 62.3 Å². The third-order valence-electron chi connectivity index (χ3n) is 3.54. The maximum absolute atomic E-state index is 2.41. The van der Waals surface area contributed by atoms with Gasteiger partial charge in [0.25, 0.3) is 0 Å². The van der Waals surface area contributed by atoms with Crippen LogP contribution in [-0.2, 0) is 0 Å². The van der Waals surface area contributed by atoms with Gasteiger partial charge in [-0.15, -0.1) is 0 Å². The molecule has 0 atom stereocenters. The van der Waals surface area contributed by atoms with Crippen LogP contribution in [0.25, 0.3) is 0 Å². The summed E-state index contributed by atoms with van der Waals surface area (Å²) in [6.07, 6.45) is 0. The van der Waals surface area contributed by atoms with Gasteiger partial charge in [0, 0.05) is 0 Å². The van der Waals surface area contributed by atoms with Crippen molar-refractivity contribution in [3.8, 4) is 0 Å². The molecular formula is C8H18Br2N2. The molecule has 4 heteroatoms. The highest BCUT2D eigenvalue weighted by molar-refractivity contribution is 4.56. The largest absolute Gasteiger partial charge is 1.00 e. The molecule has 2 nitrogen and oxygen atoms in total. The molecule has 3 fully saturated rings. The van der Waals surface area contributed by atoms with Crippen LogP contribution in [0, 0.1) is 0 Å². The van der Waals surface area contributed by atoms with Crippen molar-refractivity contribution in [2.75, 3.05) is 53.4 Å². The average molecular weight is 302 g/mol. The van der Waals surface area contributed by atoms with E-state index in [1.807, 2.05) is 0 Å². The van der Waals surface area contributed by atoms with Crippen LogP contribution >= 0.6 is 0 Å². The summed E-state index contributed by atoms with van der Waals surface area (Å²) in [5, 5.41) is 0. The van der Waals surface area contributed by atoms with Crippen molar-refractivity contribution in [1.82, 2.24) is 0 Å². The predicted octanol–water partition coefficient (Wildman–Crippen LogP) is -6.09. The van der Waals surface area contributed by atoms with Crippen LogP contribution in [0.15, 0.2) is 0 Å². The molecule has 0 saturated carbocycles. The third kappa shape index (κ3) is 2.22. The molecule has 12 heavy (non-hydrogen) atoms. The molecule has 3 rings (SSSR count). The molecule has 0 radical (unpaired) electrons. The first-order valence-electron chi connectivity index (χ1n) is 4.29. The van der Waals surface area contributed by atoms with Crippen molar-refractivity contribution < 1.29 is 42.9 Å². The first kappa shape index (κ1) is 12.9. The second-order valence-corrected chi connectivity index (χ2v) is 4.58. The van der Waals surface area contributed by atoms with Crippen LogP contribution in [0.5, 0.6) is 0 Å². The standard InChI is InChI=1S/C8H18N2.2BrH/c1-9-3-6-10(2,7-4-9)8-5-9;;/h3-8H2,1-2H3;2*1H/q+2;;/p-2. The summed E-state index contributed by atoms with van der Waals surface area (Å²) < 4.78 is 2.71. The van der Waals surface area contributed by atoms with Crippen molar-refractivity contribution >= 4 is 0 Å². The fraction of sp³-hybridized carbons (Fsp3) is 1.00. The lowest BCUT2D eigenvalue weighted by Crippen LogP contribution is -3.00. The molecule has 74 valence electrons. The molecule has 3 heterocycles. The van der Waals surface area contributed by atoms with Crippen molar-refractivity contribution in [3.63, 3.8) is 0 Å². The number of rotatable bonds is 0. The van der Waals surface area contributed by atoms with Gasteiger partial charge in [-0.3, -0.25) is 0 Å². The number of piperazine rings is 3. The van der Waals surface area contributed by atoms with Crippen molar-refractivity contribution in [3.05, 3.63) is 0 Å². The Balaban J connectivity index is 0.000000605. The second kappa shape index (κ2) is 3.95. The van der Waals surface area contributed by atoms with Gasteiger partial charge in [-0.2, -0.15) is 0 Å². The number of likely N-dealkylation sites (N-methyl/N-ethyl adjacent to an activating group) is 2. The maximum atomic E-state index is 2.41. The lowest BCUT2D eigenvalue weighted by molar-refractivity contribution is -1.06. The zero-order valence-corrected chi connectivity index (χ0v) is 11.1. The van der Waals surface area contributed by atoms with E-state index in [1.54, 1.807) is 0 Å². The van der Waals surface area contributed by atoms with E-state index in [0.29, 0.717) is 0 Å². The Kier molecular flexibility index (Phi) is 4.23. The summed E-state index contributed by atoms with van der Waals surface area (Å²) in [4.78, 5) is 0. The number of hydrogen-bond acceptors (Lipinski definition) is 0. The van der Waals surface area contributed by atoms with Gasteiger partial charge in [0.05, 0.1) is 14.1 Å². The number of quaternary nitrogens is 2. The molecule has 3 aliphatic rings. The fourth-order valence-corrected chi connectivity index (χ4v) is 2.12. The van der Waals surface area contributed by atoms with Gasteiger partial charge in [-0.25, -0.2) is 0 Å². The van der Waals surface area contributed by atoms with Crippen molar-refractivity contribution in [2.24, 2.45) is 0 Å². The number of fused-ring (bicyclic) bond motifs is 3. The highest BCUT2D eigenvalue weighted by Crippen LogP contribution is 2.21. The molecule has 0 aromatic carbocycles. The summed E-state index contributed by atoms with van der Waals surface area (Å²) in [6, 6.07) is 0. The van der Waals surface area contributed by atoms with E-state index in [9.17, 15) is 0 Å². The molecule has 0 aliphatic carbocycles. The molecule has 0 unspecified atom stereocenters. The van der Waals surface area contributed by atoms with Crippen molar-refractivity contribution in [1.29, 1.82) is 0 Å². The van der Waals surface area contributed by atoms with E-state index in [1.165, 1.54) is 48.2 Å². The van der Waals surface area contributed by atoms with Crippen LogP contribution < -0.4 is 34.0 Å². The number of hydrogen-bond donors (Lipinski definition) is 0. The molecule has 3 saturated heterocycles. The molecule has 0 aromatic rings. The smallest absolute Gasteiger partial charge is 0.129 e. The quantitative estimate of drug-likeness (QED) is 0.391. The van der Waals surface area contributed by atoms with E-state index in [2.05, 4.69) is 14.1 Å². The molecule has 0 spiro atoms. The molecule has 0 aromatic heterocycles. The minimum absolute atomic E-state index is 0. The lowest BCUT2D eigenvalue weighted by Gasteiger charge is -2.52. The monoisotopic (exact) mass is 300 g/mol. The van der Waals surface area contributed by atoms with Gasteiger partial charge in [0.2, 0.25) is 0 Å². The molecule has 2 bridgehead atoms. The number of nitrogens with zero attached hydrogens (tertiary/aromatic N) is 2. The molecular weight excluding hydrogens is 284 g/mol. The van der Waals surface area contributed by atoms with Crippen LogP contribution in [0.3, 0.4) is 0 Å². The van der Waals surface area contributed by atoms with Gasteiger partial charge in [0.15, 0.2) is 0 Å². The lowest BCUT2D eigenvalue weighted by atomic mass is 10.1. The SMILES string of the molecule is C[N+]12CC[N+](C)(CC1)CC2.[Br-].[Br-]. The summed E-state index contributed by atoms with van der Waals surface area (Å²) in [6.45, 7) is 8.48. The zero-order chi connectivity index (χ0) is 7.24. The average Bonchev–Trinajstić information content (AvgIpc) is 1.93. The van der Waals surface area contributed by atoms with Gasteiger partial charge >= 0.3 is 0 Å². The first-order valence-corrected chi connectivity index (χ1v) is 4.29. The molecule has 3 aliphatic heterocycles. The second-order valence-electron chi connectivity index (χ2n) is 4.58. The maximum Gasteiger partial charge on any atom is 0.129 e. The van der Waals surface area contributed by atoms with Gasteiger partial charge < -0.3 is 42.9 Å². The molecule has 0 amide bonds. The Bertz CT molecular complexity index is 119. The summed E-state index contributed by atoms with van der Waals surface area (Å²) in [7, 11) is 4.81. The van der Waals surface area contributed by atoms with Crippen LogP contribution in [0.1, 0.15) is 0 Å². The van der Waals surface area contributed by atoms with Crippen LogP contribution in [0.2, 0.25) is 0 Å². The summed E-state index contributed by atoms with van der Waals surface area (Å²) in [5.41, 5.74) is 0. The summed E-state index contributed by atoms with van der Waals surface area (Å²) >= 11 is 0. The number of halogens is 2. The highest BCUT2D eigenvalue weighted by Gasteiger charge is 2.43. The van der Waals surface area contributed by atoms with Gasteiger partial charge in [-0.1, -0.05) is 0 Å². The van der Waals surface area contributed by atoms with Crippen molar-refractivity contribution in [2.45, 2.75) is 0 Å². The highest BCUT2D eigenvalue weighted by atomic mass is 79.9. The van der Waals surface area contributed by atoms with Crippen LogP contribution in [0.4, 0.5) is 0 Å². The molecule has 0 N–H and O–H groups in total. The summed E-state index contributed by atoms with van der Waals surface area (Å²) in [5.74, 6) is 0. The Hall–Kier alpha value is 0.880. The van der Waals surface area contributed by atoms with E-state index in [0.717, 1.165) is 0 Å². The van der Waals surface area contributed by atoms with E-state index in [4.69, 9.17) is 0 Å². The van der Waals surface area contributed by atoms with Gasteiger partial charge in [-0.05, 0) is 0 Å².